The zero-order valence-corrected chi connectivity index (χ0v) is 11.3. The van der Waals surface area contributed by atoms with E-state index in [-0.39, 0.29) is 17.4 Å². The Morgan fingerprint density at radius 1 is 1.28 bits per heavy atom. The van der Waals surface area contributed by atoms with Crippen LogP contribution in [0, 0.1) is 5.41 Å². The molecule has 98 valence electrons. The highest BCUT2D eigenvalue weighted by Crippen LogP contribution is 2.23. The van der Waals surface area contributed by atoms with E-state index in [2.05, 4.69) is 0 Å². The second kappa shape index (κ2) is 5.01. The van der Waals surface area contributed by atoms with Crippen molar-refractivity contribution in [3.63, 3.8) is 0 Å². The van der Waals surface area contributed by atoms with Crippen LogP contribution in [0.25, 0.3) is 0 Å². The molecule has 1 heterocycles. The van der Waals surface area contributed by atoms with Crippen molar-refractivity contribution < 1.29 is 9.53 Å². The van der Waals surface area contributed by atoms with Crippen molar-refractivity contribution in [2.45, 2.75) is 33.3 Å². The maximum absolute atomic E-state index is 12.1. The molecule has 1 aliphatic heterocycles. The lowest BCUT2D eigenvalue weighted by molar-refractivity contribution is -0.138. The van der Waals surface area contributed by atoms with Gasteiger partial charge in [0.05, 0.1) is 6.54 Å². The van der Waals surface area contributed by atoms with Crippen molar-refractivity contribution in [2.24, 2.45) is 5.41 Å². The summed E-state index contributed by atoms with van der Waals surface area (Å²) in [4.78, 5) is 14.0. The molecule has 0 spiro atoms. The van der Waals surface area contributed by atoms with Gasteiger partial charge in [0.1, 0.15) is 11.9 Å². The molecule has 1 atom stereocenters. The number of carbonyl (C=O) groups is 1. The molecule has 0 aliphatic carbocycles. The number of carbonyl (C=O) groups excluding carboxylic acids is 1. The highest BCUT2D eigenvalue weighted by atomic mass is 16.5. The summed E-state index contributed by atoms with van der Waals surface area (Å²) in [5.41, 5.74) is -0.304. The lowest BCUT2D eigenvalue weighted by atomic mass is 9.95. The Kier molecular flexibility index (Phi) is 3.60. The van der Waals surface area contributed by atoms with E-state index in [9.17, 15) is 4.79 Å². The lowest BCUT2D eigenvalue weighted by Crippen LogP contribution is -2.38. The quantitative estimate of drug-likeness (QED) is 0.804. The summed E-state index contributed by atoms with van der Waals surface area (Å²) >= 11 is 0. The number of hydrogen-bond acceptors (Lipinski definition) is 2. The van der Waals surface area contributed by atoms with Gasteiger partial charge in [0.2, 0.25) is 5.91 Å². The average Bonchev–Trinajstić information content (AvgIpc) is 2.76. The van der Waals surface area contributed by atoms with E-state index in [1.165, 1.54) is 0 Å². The first-order chi connectivity index (χ1) is 8.47. The first kappa shape index (κ1) is 12.9. The van der Waals surface area contributed by atoms with Crippen LogP contribution in [0.1, 0.15) is 27.2 Å². The highest BCUT2D eigenvalue weighted by molar-refractivity contribution is 5.81. The largest absolute Gasteiger partial charge is 0.489 e. The summed E-state index contributed by atoms with van der Waals surface area (Å²) in [6, 6.07) is 9.80. The topological polar surface area (TPSA) is 29.5 Å². The monoisotopic (exact) mass is 247 g/mol. The van der Waals surface area contributed by atoms with Crippen molar-refractivity contribution >= 4 is 5.91 Å². The number of ether oxygens (including phenoxy) is 1. The summed E-state index contributed by atoms with van der Waals surface area (Å²) in [6.45, 7) is 7.38. The molecular formula is C15H21NO2. The molecule has 0 unspecified atom stereocenters. The molecule has 1 aliphatic rings. The summed E-state index contributed by atoms with van der Waals surface area (Å²) in [7, 11) is 0. The molecule has 1 aromatic rings. The number of benzene rings is 1. The maximum Gasteiger partial charge on any atom is 0.228 e. The van der Waals surface area contributed by atoms with E-state index in [1.807, 2.05) is 56.0 Å². The van der Waals surface area contributed by atoms with Crippen LogP contribution >= 0.6 is 0 Å². The third kappa shape index (κ3) is 3.03. The van der Waals surface area contributed by atoms with Gasteiger partial charge in [-0.1, -0.05) is 39.0 Å². The number of hydrogen-bond donors (Lipinski definition) is 0. The SMILES string of the molecule is CC(C)(C)C(=O)N1CC[C@@H](Oc2ccccc2)C1. The van der Waals surface area contributed by atoms with Crippen molar-refractivity contribution in [1.82, 2.24) is 4.90 Å². The summed E-state index contributed by atoms with van der Waals surface area (Å²) < 4.78 is 5.87. The Morgan fingerprint density at radius 2 is 1.94 bits per heavy atom. The predicted octanol–water partition coefficient (Wildman–Crippen LogP) is 2.71. The second-order valence-corrected chi connectivity index (χ2v) is 5.84. The van der Waals surface area contributed by atoms with E-state index in [1.54, 1.807) is 0 Å². The maximum atomic E-state index is 12.1. The third-order valence-corrected chi connectivity index (χ3v) is 3.12. The van der Waals surface area contributed by atoms with Crippen LogP contribution in [0.2, 0.25) is 0 Å². The van der Waals surface area contributed by atoms with Gasteiger partial charge in [-0.25, -0.2) is 0 Å². The fraction of sp³-hybridized carbons (Fsp3) is 0.533. The summed E-state index contributed by atoms with van der Waals surface area (Å²) in [5, 5.41) is 0. The van der Waals surface area contributed by atoms with Crippen molar-refractivity contribution in [3.8, 4) is 5.75 Å². The Morgan fingerprint density at radius 3 is 2.56 bits per heavy atom. The van der Waals surface area contributed by atoms with Crippen molar-refractivity contribution in [3.05, 3.63) is 30.3 Å². The number of para-hydroxylation sites is 1. The Labute approximate surface area is 109 Å². The standard InChI is InChI=1S/C15H21NO2/c1-15(2,3)14(17)16-10-9-13(11-16)18-12-7-5-4-6-8-12/h4-8,13H,9-11H2,1-3H3/t13-/m1/s1. The van der Waals surface area contributed by atoms with E-state index < -0.39 is 0 Å². The lowest BCUT2D eigenvalue weighted by Gasteiger charge is -2.25. The molecule has 1 fully saturated rings. The smallest absolute Gasteiger partial charge is 0.228 e. The van der Waals surface area contributed by atoms with E-state index in [0.29, 0.717) is 6.54 Å². The van der Waals surface area contributed by atoms with Gasteiger partial charge < -0.3 is 9.64 Å². The Balaban J connectivity index is 1.91. The molecular weight excluding hydrogens is 226 g/mol. The van der Waals surface area contributed by atoms with Crippen molar-refractivity contribution in [2.75, 3.05) is 13.1 Å². The van der Waals surface area contributed by atoms with Crippen LogP contribution in [0.3, 0.4) is 0 Å². The van der Waals surface area contributed by atoms with Crippen LogP contribution in [0.4, 0.5) is 0 Å². The van der Waals surface area contributed by atoms with Gasteiger partial charge in [0, 0.05) is 18.4 Å². The predicted molar refractivity (Wildman–Crippen MR) is 71.5 cm³/mol. The molecule has 0 saturated carbocycles. The molecule has 3 heteroatoms. The molecule has 2 rings (SSSR count). The zero-order valence-electron chi connectivity index (χ0n) is 11.3. The molecule has 0 bridgehead atoms. The second-order valence-electron chi connectivity index (χ2n) is 5.84. The average molecular weight is 247 g/mol. The molecule has 18 heavy (non-hydrogen) atoms. The zero-order chi connectivity index (χ0) is 13.2. The van der Waals surface area contributed by atoms with E-state index >= 15 is 0 Å². The summed E-state index contributed by atoms with van der Waals surface area (Å²) in [6.07, 6.45) is 1.04. The van der Waals surface area contributed by atoms with Gasteiger partial charge in [-0.2, -0.15) is 0 Å². The molecule has 1 saturated heterocycles. The third-order valence-electron chi connectivity index (χ3n) is 3.12. The van der Waals surface area contributed by atoms with Gasteiger partial charge in [0.25, 0.3) is 0 Å². The van der Waals surface area contributed by atoms with Crippen LogP contribution in [-0.2, 0) is 4.79 Å². The van der Waals surface area contributed by atoms with Crippen molar-refractivity contribution in [1.29, 1.82) is 0 Å². The van der Waals surface area contributed by atoms with Crippen LogP contribution in [-0.4, -0.2) is 30.0 Å². The summed E-state index contributed by atoms with van der Waals surface area (Å²) in [5.74, 6) is 1.09. The molecule has 0 aromatic heterocycles. The number of amides is 1. The van der Waals surface area contributed by atoms with Crippen LogP contribution < -0.4 is 4.74 Å². The first-order valence-electron chi connectivity index (χ1n) is 6.48. The first-order valence-corrected chi connectivity index (χ1v) is 6.48. The fourth-order valence-electron chi connectivity index (χ4n) is 2.17. The molecule has 3 nitrogen and oxygen atoms in total. The van der Waals surface area contributed by atoms with Gasteiger partial charge in [-0.05, 0) is 12.1 Å². The fourth-order valence-corrected chi connectivity index (χ4v) is 2.17. The Hall–Kier alpha value is -1.51. The molecule has 0 radical (unpaired) electrons. The molecule has 1 amide bonds. The number of likely N-dealkylation sites (tertiary alicyclic amines) is 1. The minimum Gasteiger partial charge on any atom is -0.489 e. The van der Waals surface area contributed by atoms with Crippen LogP contribution in [0.5, 0.6) is 5.75 Å². The molecule has 0 N–H and O–H groups in total. The number of rotatable bonds is 2. The van der Waals surface area contributed by atoms with Crippen LogP contribution in [0.15, 0.2) is 30.3 Å². The molecule has 1 aromatic carbocycles. The normalized spacial score (nSPS) is 19.9. The van der Waals surface area contributed by atoms with Gasteiger partial charge >= 0.3 is 0 Å². The van der Waals surface area contributed by atoms with E-state index in [0.717, 1.165) is 18.7 Å². The van der Waals surface area contributed by atoms with Gasteiger partial charge in [-0.15, -0.1) is 0 Å². The number of nitrogens with zero attached hydrogens (tertiary/aromatic N) is 1. The highest BCUT2D eigenvalue weighted by Gasteiger charge is 2.33. The van der Waals surface area contributed by atoms with Gasteiger partial charge in [-0.3, -0.25) is 4.79 Å². The Bertz CT molecular complexity index is 408. The van der Waals surface area contributed by atoms with E-state index in [4.69, 9.17) is 4.74 Å². The minimum absolute atomic E-state index is 0.124. The minimum atomic E-state index is -0.304. The van der Waals surface area contributed by atoms with Gasteiger partial charge in [0.15, 0.2) is 0 Å².